The van der Waals surface area contributed by atoms with E-state index in [-0.39, 0.29) is 0 Å². The molecule has 2 heterocycles. The number of rotatable bonds is 2. The Hall–Kier alpha value is -1.45. The summed E-state index contributed by atoms with van der Waals surface area (Å²) >= 11 is 12.0. The summed E-state index contributed by atoms with van der Waals surface area (Å²) in [7, 11) is 2.12. The highest BCUT2D eigenvalue weighted by molar-refractivity contribution is 6.32. The molecule has 3 nitrogen and oxygen atoms in total. The first kappa shape index (κ1) is 13.5. The Bertz CT molecular complexity index is 630. The first-order valence-electron chi connectivity index (χ1n) is 6.51. The number of nitrogens with zero attached hydrogens (tertiary/aromatic N) is 3. The van der Waals surface area contributed by atoms with Gasteiger partial charge in [-0.25, -0.2) is 4.98 Å². The molecule has 0 spiro atoms. The van der Waals surface area contributed by atoms with Crippen molar-refractivity contribution < 1.29 is 0 Å². The number of para-hydroxylation sites is 2. The molecule has 0 fully saturated rings. The van der Waals surface area contributed by atoms with E-state index in [4.69, 9.17) is 23.2 Å². The lowest BCUT2D eigenvalue weighted by atomic mass is 10.1. The van der Waals surface area contributed by atoms with Crippen LogP contribution in [0.1, 0.15) is 5.56 Å². The molecule has 5 heteroatoms. The molecule has 1 aliphatic rings. The summed E-state index contributed by atoms with van der Waals surface area (Å²) < 4.78 is 0. The topological polar surface area (TPSA) is 19.4 Å². The van der Waals surface area contributed by atoms with Crippen LogP contribution in [-0.4, -0.2) is 25.1 Å². The van der Waals surface area contributed by atoms with E-state index < -0.39 is 0 Å². The summed E-state index contributed by atoms with van der Waals surface area (Å²) in [6, 6.07) is 12.1. The van der Waals surface area contributed by atoms with Gasteiger partial charge in [0.2, 0.25) is 0 Å². The van der Waals surface area contributed by atoms with Gasteiger partial charge < -0.3 is 9.80 Å². The van der Waals surface area contributed by atoms with Gasteiger partial charge in [0.05, 0.1) is 11.4 Å². The maximum atomic E-state index is 6.17. The summed E-state index contributed by atoms with van der Waals surface area (Å²) in [4.78, 5) is 8.70. The lowest BCUT2D eigenvalue weighted by Gasteiger charge is -2.37. The van der Waals surface area contributed by atoms with Crippen LogP contribution >= 0.6 is 23.2 Å². The zero-order valence-electron chi connectivity index (χ0n) is 11.2. The van der Waals surface area contributed by atoms with Crippen molar-refractivity contribution in [3.05, 3.63) is 52.3 Å². The van der Waals surface area contributed by atoms with Crippen molar-refractivity contribution in [1.82, 2.24) is 4.98 Å². The third-order valence-electron chi connectivity index (χ3n) is 3.59. The van der Waals surface area contributed by atoms with Crippen LogP contribution in [-0.2, 0) is 6.54 Å². The molecule has 1 aromatic carbocycles. The van der Waals surface area contributed by atoms with E-state index in [9.17, 15) is 0 Å². The number of benzene rings is 1. The molecular weight excluding hydrogens is 293 g/mol. The number of halogens is 2. The van der Waals surface area contributed by atoms with Gasteiger partial charge in [-0.2, -0.15) is 0 Å². The molecule has 0 N–H and O–H groups in total. The average Bonchev–Trinajstić information content (AvgIpc) is 2.45. The fourth-order valence-electron chi connectivity index (χ4n) is 2.49. The summed E-state index contributed by atoms with van der Waals surface area (Å²) in [5.41, 5.74) is 3.47. The van der Waals surface area contributed by atoms with Crippen LogP contribution in [0.5, 0.6) is 0 Å². The minimum absolute atomic E-state index is 0.428. The summed E-state index contributed by atoms with van der Waals surface area (Å²) in [5.74, 6) is 0. The van der Waals surface area contributed by atoms with Gasteiger partial charge in [-0.05, 0) is 18.2 Å². The van der Waals surface area contributed by atoms with Gasteiger partial charge in [0.15, 0.2) is 0 Å². The third kappa shape index (κ3) is 2.56. The predicted octanol–water partition coefficient (Wildman–Crippen LogP) is 3.84. The number of pyridine rings is 1. The normalized spacial score (nSPS) is 14.3. The molecule has 1 aromatic heterocycles. The van der Waals surface area contributed by atoms with E-state index in [1.165, 1.54) is 11.4 Å². The smallest absolute Gasteiger partial charge is 0.135 e. The van der Waals surface area contributed by atoms with Gasteiger partial charge >= 0.3 is 0 Å². The van der Waals surface area contributed by atoms with E-state index in [1.54, 1.807) is 6.07 Å². The highest BCUT2D eigenvalue weighted by Gasteiger charge is 2.20. The van der Waals surface area contributed by atoms with Gasteiger partial charge in [0.25, 0.3) is 0 Å². The first-order chi connectivity index (χ1) is 9.65. The highest BCUT2D eigenvalue weighted by Crippen LogP contribution is 2.33. The van der Waals surface area contributed by atoms with Crippen LogP contribution in [0.3, 0.4) is 0 Å². The van der Waals surface area contributed by atoms with Crippen LogP contribution in [0.25, 0.3) is 0 Å². The molecule has 2 aromatic rings. The van der Waals surface area contributed by atoms with Crippen molar-refractivity contribution in [2.24, 2.45) is 0 Å². The molecule has 3 rings (SSSR count). The molecule has 0 saturated carbocycles. The van der Waals surface area contributed by atoms with Gasteiger partial charge in [-0.1, -0.05) is 41.4 Å². The number of likely N-dealkylation sites (N-methyl/N-ethyl adjacent to an activating group) is 1. The molecular formula is C15H15Cl2N3. The van der Waals surface area contributed by atoms with Crippen LogP contribution < -0.4 is 9.80 Å². The van der Waals surface area contributed by atoms with Crippen molar-refractivity contribution in [1.29, 1.82) is 0 Å². The molecule has 104 valence electrons. The third-order valence-corrected chi connectivity index (χ3v) is 4.13. The fraction of sp³-hybridized carbons (Fsp3) is 0.267. The Morgan fingerprint density at radius 2 is 1.80 bits per heavy atom. The number of hydrogen-bond donors (Lipinski definition) is 0. The lowest BCUT2D eigenvalue weighted by molar-refractivity contribution is 0.733. The standard InChI is InChI=1S/C15H15Cl2N3/c1-19-8-9-20(13-5-3-2-4-12(13)19)10-11-6-7-14(16)18-15(11)17/h2-7H,8-10H2,1H3. The van der Waals surface area contributed by atoms with Gasteiger partial charge in [0.1, 0.15) is 10.3 Å². The number of fused-ring (bicyclic) bond motifs is 1. The lowest BCUT2D eigenvalue weighted by Crippen LogP contribution is -2.38. The van der Waals surface area contributed by atoms with E-state index in [0.717, 1.165) is 25.2 Å². The Morgan fingerprint density at radius 1 is 1.05 bits per heavy atom. The maximum absolute atomic E-state index is 6.17. The largest absolute Gasteiger partial charge is 0.371 e. The SMILES string of the molecule is CN1CCN(Cc2ccc(Cl)nc2Cl)c2ccccc21. The molecule has 0 bridgehead atoms. The van der Waals surface area contributed by atoms with E-state index in [0.29, 0.717) is 10.3 Å². The van der Waals surface area contributed by atoms with Crippen LogP contribution in [0, 0.1) is 0 Å². The minimum Gasteiger partial charge on any atom is -0.371 e. The zero-order valence-corrected chi connectivity index (χ0v) is 12.7. The molecule has 0 unspecified atom stereocenters. The summed E-state index contributed by atoms with van der Waals surface area (Å²) in [5, 5.41) is 0.909. The van der Waals surface area contributed by atoms with Crippen molar-refractivity contribution >= 4 is 34.6 Å². The van der Waals surface area contributed by atoms with Crippen molar-refractivity contribution in [2.75, 3.05) is 29.9 Å². The van der Waals surface area contributed by atoms with E-state index in [1.807, 2.05) is 6.07 Å². The number of hydrogen-bond acceptors (Lipinski definition) is 3. The van der Waals surface area contributed by atoms with E-state index in [2.05, 4.69) is 46.1 Å². The Labute approximate surface area is 128 Å². The average molecular weight is 308 g/mol. The molecule has 0 aliphatic carbocycles. The fourth-order valence-corrected chi connectivity index (χ4v) is 2.90. The quantitative estimate of drug-likeness (QED) is 0.786. The summed E-state index contributed by atoms with van der Waals surface area (Å²) in [6.07, 6.45) is 0. The molecule has 1 aliphatic heterocycles. The zero-order chi connectivity index (χ0) is 14.1. The van der Waals surface area contributed by atoms with Crippen molar-refractivity contribution in [2.45, 2.75) is 6.54 Å². The molecule has 0 atom stereocenters. The van der Waals surface area contributed by atoms with E-state index >= 15 is 0 Å². The second-order valence-electron chi connectivity index (χ2n) is 4.92. The van der Waals surface area contributed by atoms with Gasteiger partial charge in [-0.3, -0.25) is 0 Å². The Morgan fingerprint density at radius 3 is 2.55 bits per heavy atom. The Balaban J connectivity index is 1.90. The molecule has 0 saturated heterocycles. The number of anilines is 2. The maximum Gasteiger partial charge on any atom is 0.135 e. The summed E-state index contributed by atoms with van der Waals surface area (Å²) in [6.45, 7) is 2.70. The van der Waals surface area contributed by atoms with Crippen molar-refractivity contribution in [3.63, 3.8) is 0 Å². The second kappa shape index (κ2) is 5.51. The molecule has 0 radical (unpaired) electrons. The van der Waals surface area contributed by atoms with Crippen LogP contribution in [0.4, 0.5) is 11.4 Å². The monoisotopic (exact) mass is 307 g/mol. The minimum atomic E-state index is 0.428. The van der Waals surface area contributed by atoms with Crippen molar-refractivity contribution in [3.8, 4) is 0 Å². The predicted molar refractivity (Wildman–Crippen MR) is 85.0 cm³/mol. The Kier molecular flexibility index (Phi) is 3.72. The molecule has 20 heavy (non-hydrogen) atoms. The number of aromatic nitrogens is 1. The van der Waals surface area contributed by atoms with Crippen LogP contribution in [0.2, 0.25) is 10.3 Å². The molecule has 0 amide bonds. The second-order valence-corrected chi connectivity index (χ2v) is 5.66. The first-order valence-corrected chi connectivity index (χ1v) is 7.27. The van der Waals surface area contributed by atoms with Crippen LogP contribution in [0.15, 0.2) is 36.4 Å². The van der Waals surface area contributed by atoms with Gasteiger partial charge in [0, 0.05) is 32.2 Å². The van der Waals surface area contributed by atoms with Gasteiger partial charge in [-0.15, -0.1) is 0 Å². The highest BCUT2D eigenvalue weighted by atomic mass is 35.5.